The van der Waals surface area contributed by atoms with Crippen LogP contribution in [0.3, 0.4) is 0 Å². The van der Waals surface area contributed by atoms with Crippen LogP contribution in [-0.4, -0.2) is 53.0 Å². The van der Waals surface area contributed by atoms with Crippen molar-refractivity contribution in [3.8, 4) is 6.01 Å². The lowest BCUT2D eigenvalue weighted by molar-refractivity contribution is -0.301. The molecule has 162 valence electrons. The Morgan fingerprint density at radius 1 is 0.929 bits per heavy atom. The second-order valence-electron chi connectivity index (χ2n) is 6.58. The van der Waals surface area contributed by atoms with Crippen LogP contribution in [0.2, 0.25) is 0 Å². The predicted molar refractivity (Wildman–Crippen MR) is 92.5 cm³/mol. The maximum absolute atomic E-state index is 12.8. The quantitative estimate of drug-likeness (QED) is 0.568. The average molecular weight is 417 g/mol. The van der Waals surface area contributed by atoms with Crippen LogP contribution < -0.4 is 15.0 Å². The van der Waals surface area contributed by atoms with Gasteiger partial charge in [-0.3, -0.25) is 0 Å². The van der Waals surface area contributed by atoms with Crippen LogP contribution >= 0.6 is 0 Å². The van der Waals surface area contributed by atoms with E-state index >= 15 is 0 Å². The summed E-state index contributed by atoms with van der Waals surface area (Å²) in [7, 11) is 0. The molecule has 1 aromatic rings. The van der Waals surface area contributed by atoms with Crippen molar-refractivity contribution in [1.82, 2.24) is 15.0 Å². The summed E-state index contributed by atoms with van der Waals surface area (Å²) in [5, 5.41) is 2.78. The van der Waals surface area contributed by atoms with E-state index in [1.165, 1.54) is 0 Å². The Hall–Kier alpha value is -2.01. The summed E-state index contributed by atoms with van der Waals surface area (Å²) in [6.45, 7) is 8.82. The van der Waals surface area contributed by atoms with Crippen molar-refractivity contribution in [1.29, 1.82) is 0 Å². The van der Waals surface area contributed by atoms with Gasteiger partial charge in [-0.2, -0.15) is 41.3 Å². The van der Waals surface area contributed by atoms with Gasteiger partial charge in [0.1, 0.15) is 0 Å². The molecule has 12 heteroatoms. The maximum atomic E-state index is 12.8. The topological polar surface area (TPSA) is 63.2 Å². The highest BCUT2D eigenvalue weighted by Crippen LogP contribution is 2.36. The Morgan fingerprint density at radius 2 is 1.46 bits per heavy atom. The smallest absolute Gasteiger partial charge is 0.434 e. The molecule has 1 rings (SSSR count). The summed E-state index contributed by atoms with van der Waals surface area (Å²) in [5.41, 5.74) is 0. The second kappa shape index (κ2) is 9.97. The predicted octanol–water partition coefficient (Wildman–Crippen LogP) is 4.44. The van der Waals surface area contributed by atoms with E-state index in [0.717, 1.165) is 0 Å². The van der Waals surface area contributed by atoms with E-state index in [1.807, 2.05) is 27.7 Å². The molecular weight excluding hydrogens is 392 g/mol. The molecule has 0 spiro atoms. The van der Waals surface area contributed by atoms with Crippen LogP contribution in [0, 0.1) is 5.92 Å². The number of aromatic nitrogens is 3. The number of hydrogen-bond donors (Lipinski definition) is 1. The fourth-order valence-corrected chi connectivity index (χ4v) is 2.19. The Kier molecular flexibility index (Phi) is 8.55. The molecule has 0 unspecified atom stereocenters. The van der Waals surface area contributed by atoms with E-state index in [2.05, 4.69) is 25.0 Å². The molecule has 0 amide bonds. The van der Waals surface area contributed by atoms with Crippen LogP contribution in [0.15, 0.2) is 0 Å². The molecular formula is C16H25F6N5O. The number of alkyl halides is 6. The number of nitrogens with zero attached hydrogens (tertiary/aromatic N) is 4. The molecule has 0 bridgehead atoms. The van der Waals surface area contributed by atoms with Gasteiger partial charge in [0, 0.05) is 19.6 Å². The van der Waals surface area contributed by atoms with Crippen molar-refractivity contribution in [2.45, 2.75) is 59.0 Å². The van der Waals surface area contributed by atoms with E-state index in [4.69, 9.17) is 0 Å². The average Bonchev–Trinajstić information content (AvgIpc) is 2.55. The molecule has 0 atom stereocenters. The van der Waals surface area contributed by atoms with E-state index in [-0.39, 0.29) is 17.8 Å². The lowest BCUT2D eigenvalue weighted by Crippen LogP contribution is -2.47. The van der Waals surface area contributed by atoms with Crippen molar-refractivity contribution in [3.63, 3.8) is 0 Å². The lowest BCUT2D eigenvalue weighted by atomic mass is 10.2. The second-order valence-corrected chi connectivity index (χ2v) is 6.58. The first-order chi connectivity index (χ1) is 12.9. The van der Waals surface area contributed by atoms with Crippen molar-refractivity contribution >= 4 is 11.9 Å². The number of rotatable bonds is 10. The van der Waals surface area contributed by atoms with Gasteiger partial charge < -0.3 is 15.0 Å². The van der Waals surface area contributed by atoms with Gasteiger partial charge in [0.15, 0.2) is 0 Å². The molecule has 0 aliphatic carbocycles. The van der Waals surface area contributed by atoms with Crippen LogP contribution in [-0.2, 0) is 0 Å². The first kappa shape index (κ1) is 24.0. The normalized spacial score (nSPS) is 12.6. The molecule has 0 radical (unpaired) electrons. The largest absolute Gasteiger partial charge is 0.440 e. The van der Waals surface area contributed by atoms with Crippen LogP contribution in [0.25, 0.3) is 0 Å². The molecule has 0 saturated carbocycles. The first-order valence-electron chi connectivity index (χ1n) is 8.93. The van der Waals surface area contributed by atoms with Crippen molar-refractivity contribution in [3.05, 3.63) is 0 Å². The Morgan fingerprint density at radius 3 is 1.89 bits per heavy atom. The summed E-state index contributed by atoms with van der Waals surface area (Å²) in [6.07, 6.45) is -14.0. The minimum absolute atomic E-state index is 0.0388. The Bertz CT molecular complexity index is 588. The zero-order valence-electron chi connectivity index (χ0n) is 16.2. The van der Waals surface area contributed by atoms with Crippen LogP contribution in [0.1, 0.15) is 40.5 Å². The number of hydrogen-bond acceptors (Lipinski definition) is 6. The third-order valence-corrected chi connectivity index (χ3v) is 3.36. The SMILES string of the molecule is CCCN(CCC)c1nc(NCC(C)C)nc(OC(C(F)(F)F)C(F)(F)F)n1. The van der Waals surface area contributed by atoms with Gasteiger partial charge >= 0.3 is 18.4 Å². The third kappa shape index (κ3) is 7.55. The molecule has 6 nitrogen and oxygen atoms in total. The molecule has 0 saturated heterocycles. The summed E-state index contributed by atoms with van der Waals surface area (Å²) in [6, 6.07) is -1.03. The highest BCUT2D eigenvalue weighted by molar-refractivity contribution is 5.38. The molecule has 1 heterocycles. The highest BCUT2D eigenvalue weighted by atomic mass is 19.4. The standard InChI is InChI=1S/C16H25F6N5O/c1-5-7-27(8-6-2)13-24-12(23-9-10(3)4)25-14(26-13)28-11(15(17,18)19)16(20,21)22/h10-11H,5-9H2,1-4H3,(H,23,24,25,26). The van der Waals surface area contributed by atoms with Crippen molar-refractivity contribution in [2.24, 2.45) is 5.92 Å². The zero-order valence-corrected chi connectivity index (χ0v) is 16.2. The van der Waals surface area contributed by atoms with E-state index in [0.29, 0.717) is 32.5 Å². The third-order valence-electron chi connectivity index (χ3n) is 3.36. The Balaban J connectivity index is 3.30. The molecule has 1 aromatic heterocycles. The Labute approximate surface area is 159 Å². The lowest BCUT2D eigenvalue weighted by Gasteiger charge is -2.25. The van der Waals surface area contributed by atoms with Gasteiger partial charge in [0.25, 0.3) is 6.10 Å². The highest BCUT2D eigenvalue weighted by Gasteiger charge is 2.59. The van der Waals surface area contributed by atoms with Crippen LogP contribution in [0.4, 0.5) is 38.2 Å². The van der Waals surface area contributed by atoms with Crippen molar-refractivity contribution in [2.75, 3.05) is 29.9 Å². The van der Waals surface area contributed by atoms with E-state index in [9.17, 15) is 26.3 Å². The van der Waals surface area contributed by atoms with Gasteiger partial charge in [-0.05, 0) is 18.8 Å². The number of halogens is 6. The molecule has 28 heavy (non-hydrogen) atoms. The monoisotopic (exact) mass is 417 g/mol. The molecule has 0 fully saturated rings. The van der Waals surface area contributed by atoms with Gasteiger partial charge in [-0.15, -0.1) is 0 Å². The van der Waals surface area contributed by atoms with Crippen molar-refractivity contribution < 1.29 is 31.1 Å². The van der Waals surface area contributed by atoms with Crippen LogP contribution in [0.5, 0.6) is 6.01 Å². The fraction of sp³-hybridized carbons (Fsp3) is 0.812. The molecule has 0 aliphatic rings. The summed E-state index contributed by atoms with van der Waals surface area (Å²) >= 11 is 0. The first-order valence-corrected chi connectivity index (χ1v) is 8.93. The van der Waals surface area contributed by atoms with Gasteiger partial charge in [0.05, 0.1) is 0 Å². The number of anilines is 2. The maximum Gasteiger partial charge on any atom is 0.434 e. The molecule has 0 aliphatic heterocycles. The number of ether oxygens (including phenoxy) is 1. The summed E-state index contributed by atoms with van der Waals surface area (Å²) < 4.78 is 81.0. The molecule has 0 aromatic carbocycles. The summed E-state index contributed by atoms with van der Waals surface area (Å²) in [4.78, 5) is 13.1. The zero-order chi connectivity index (χ0) is 21.5. The minimum Gasteiger partial charge on any atom is -0.440 e. The van der Waals surface area contributed by atoms with E-state index < -0.39 is 24.5 Å². The van der Waals surface area contributed by atoms with Gasteiger partial charge in [-0.25, -0.2) is 0 Å². The fourth-order valence-electron chi connectivity index (χ4n) is 2.19. The summed E-state index contributed by atoms with van der Waals surface area (Å²) in [5.74, 6) is -0.0397. The van der Waals surface area contributed by atoms with Gasteiger partial charge in [-0.1, -0.05) is 27.7 Å². The number of nitrogens with one attached hydrogen (secondary N) is 1. The minimum atomic E-state index is -5.66. The van der Waals surface area contributed by atoms with Gasteiger partial charge in [0.2, 0.25) is 11.9 Å². The van der Waals surface area contributed by atoms with E-state index in [1.54, 1.807) is 4.90 Å². The molecule has 1 N–H and O–H groups in total.